The van der Waals surface area contributed by atoms with Crippen LogP contribution in [0.25, 0.3) is 0 Å². The van der Waals surface area contributed by atoms with Crippen LogP contribution in [0.15, 0.2) is 0 Å². The number of carbonyl (C=O) groups is 1. The monoisotopic (exact) mass is 213 g/mol. The zero-order chi connectivity index (χ0) is 11.4. The van der Waals surface area contributed by atoms with E-state index in [1.807, 2.05) is 6.92 Å². The first kappa shape index (κ1) is 12.5. The molecule has 1 aliphatic heterocycles. The van der Waals surface area contributed by atoms with E-state index in [1.54, 1.807) is 0 Å². The van der Waals surface area contributed by atoms with Gasteiger partial charge in [-0.2, -0.15) is 0 Å². The summed E-state index contributed by atoms with van der Waals surface area (Å²) in [5.41, 5.74) is 0. The Kier molecular flexibility index (Phi) is 4.58. The Bertz CT molecular complexity index is 218. The maximum Gasteiger partial charge on any atom is 0.323 e. The second kappa shape index (κ2) is 5.50. The Morgan fingerprint density at radius 3 is 2.53 bits per heavy atom. The molecule has 0 amide bonds. The standard InChI is InChI=1S/C12H23NO2/c1-5-11(12(14)15-6-2)13-8-9(3)7-10(13)4/h9-11H,5-8H2,1-4H3. The average molecular weight is 213 g/mol. The van der Waals surface area contributed by atoms with Gasteiger partial charge >= 0.3 is 5.97 Å². The van der Waals surface area contributed by atoms with Gasteiger partial charge in [0.1, 0.15) is 6.04 Å². The fraction of sp³-hybridized carbons (Fsp3) is 0.917. The third-order valence-electron chi connectivity index (χ3n) is 3.18. The van der Waals surface area contributed by atoms with Gasteiger partial charge in [-0.25, -0.2) is 0 Å². The van der Waals surface area contributed by atoms with Gasteiger partial charge in [-0.1, -0.05) is 13.8 Å². The van der Waals surface area contributed by atoms with Crippen molar-refractivity contribution in [2.75, 3.05) is 13.2 Å². The fourth-order valence-corrected chi connectivity index (χ4v) is 2.54. The summed E-state index contributed by atoms with van der Waals surface area (Å²) in [7, 11) is 0. The first-order chi connectivity index (χ1) is 7.10. The minimum absolute atomic E-state index is 0.0371. The lowest BCUT2D eigenvalue weighted by molar-refractivity contribution is -0.150. The molecule has 0 N–H and O–H groups in total. The number of carbonyl (C=O) groups excluding carboxylic acids is 1. The van der Waals surface area contributed by atoms with Gasteiger partial charge in [-0.05, 0) is 32.6 Å². The van der Waals surface area contributed by atoms with E-state index in [0.717, 1.165) is 13.0 Å². The summed E-state index contributed by atoms with van der Waals surface area (Å²) in [6.07, 6.45) is 2.03. The summed E-state index contributed by atoms with van der Waals surface area (Å²) in [5.74, 6) is 0.643. The van der Waals surface area contributed by atoms with Gasteiger partial charge in [-0.3, -0.25) is 9.69 Å². The molecular weight excluding hydrogens is 190 g/mol. The molecule has 0 radical (unpaired) electrons. The minimum Gasteiger partial charge on any atom is -0.465 e. The number of likely N-dealkylation sites (tertiary alicyclic amines) is 1. The molecule has 3 nitrogen and oxygen atoms in total. The predicted molar refractivity (Wildman–Crippen MR) is 60.7 cm³/mol. The third kappa shape index (κ3) is 2.94. The normalized spacial score (nSPS) is 29.1. The smallest absolute Gasteiger partial charge is 0.323 e. The molecule has 88 valence electrons. The van der Waals surface area contributed by atoms with E-state index >= 15 is 0 Å². The van der Waals surface area contributed by atoms with Crippen molar-refractivity contribution in [2.24, 2.45) is 5.92 Å². The molecule has 0 spiro atoms. The highest BCUT2D eigenvalue weighted by Gasteiger charge is 2.35. The Labute approximate surface area is 92.8 Å². The zero-order valence-electron chi connectivity index (χ0n) is 10.3. The summed E-state index contributed by atoms with van der Waals surface area (Å²) in [4.78, 5) is 14.0. The lowest BCUT2D eigenvalue weighted by Gasteiger charge is -2.28. The van der Waals surface area contributed by atoms with Crippen LogP contribution in [-0.2, 0) is 9.53 Å². The molecule has 1 rings (SSSR count). The lowest BCUT2D eigenvalue weighted by Crippen LogP contribution is -2.43. The quantitative estimate of drug-likeness (QED) is 0.669. The maximum absolute atomic E-state index is 11.7. The second-order valence-corrected chi connectivity index (χ2v) is 4.56. The molecule has 0 saturated carbocycles. The maximum atomic E-state index is 11.7. The summed E-state index contributed by atoms with van der Waals surface area (Å²) in [6.45, 7) is 9.86. The van der Waals surface area contributed by atoms with Gasteiger partial charge < -0.3 is 4.74 Å². The zero-order valence-corrected chi connectivity index (χ0v) is 10.3. The van der Waals surface area contributed by atoms with Crippen LogP contribution < -0.4 is 0 Å². The van der Waals surface area contributed by atoms with Gasteiger partial charge in [0.2, 0.25) is 0 Å². The molecule has 0 aliphatic carbocycles. The van der Waals surface area contributed by atoms with Crippen LogP contribution in [0.2, 0.25) is 0 Å². The van der Waals surface area contributed by atoms with Crippen molar-refractivity contribution < 1.29 is 9.53 Å². The Hall–Kier alpha value is -0.570. The molecule has 1 heterocycles. The number of hydrogen-bond donors (Lipinski definition) is 0. The van der Waals surface area contributed by atoms with Crippen molar-refractivity contribution in [1.82, 2.24) is 4.90 Å². The van der Waals surface area contributed by atoms with E-state index in [1.165, 1.54) is 6.42 Å². The summed E-state index contributed by atoms with van der Waals surface area (Å²) >= 11 is 0. The molecule has 1 fully saturated rings. The second-order valence-electron chi connectivity index (χ2n) is 4.56. The van der Waals surface area contributed by atoms with Crippen LogP contribution in [-0.4, -0.2) is 36.1 Å². The number of ether oxygens (including phenoxy) is 1. The van der Waals surface area contributed by atoms with Gasteiger partial charge in [0.05, 0.1) is 6.61 Å². The Morgan fingerprint density at radius 2 is 2.13 bits per heavy atom. The van der Waals surface area contributed by atoms with Gasteiger partial charge in [0.15, 0.2) is 0 Å². The summed E-state index contributed by atoms with van der Waals surface area (Å²) < 4.78 is 5.11. The molecule has 1 saturated heterocycles. The van der Waals surface area contributed by atoms with E-state index in [4.69, 9.17) is 4.74 Å². The van der Waals surface area contributed by atoms with Crippen molar-refractivity contribution >= 4 is 5.97 Å². The molecular formula is C12H23NO2. The Morgan fingerprint density at radius 1 is 1.47 bits per heavy atom. The van der Waals surface area contributed by atoms with Crippen molar-refractivity contribution in [2.45, 2.75) is 52.6 Å². The molecule has 0 aromatic carbocycles. The predicted octanol–water partition coefficient (Wildman–Crippen LogP) is 2.06. The fourth-order valence-electron chi connectivity index (χ4n) is 2.54. The van der Waals surface area contributed by atoms with Crippen molar-refractivity contribution in [3.05, 3.63) is 0 Å². The number of rotatable bonds is 4. The molecule has 3 atom stereocenters. The van der Waals surface area contributed by atoms with Crippen LogP contribution >= 0.6 is 0 Å². The van der Waals surface area contributed by atoms with Crippen LogP contribution in [0, 0.1) is 5.92 Å². The highest BCUT2D eigenvalue weighted by atomic mass is 16.5. The Balaban J connectivity index is 2.61. The van der Waals surface area contributed by atoms with Crippen molar-refractivity contribution in [3.8, 4) is 0 Å². The van der Waals surface area contributed by atoms with Crippen LogP contribution in [0.1, 0.15) is 40.5 Å². The SMILES string of the molecule is CCOC(=O)C(CC)N1CC(C)CC1C. The molecule has 3 unspecified atom stereocenters. The number of nitrogens with zero attached hydrogens (tertiary/aromatic N) is 1. The minimum atomic E-state index is -0.0547. The highest BCUT2D eigenvalue weighted by Crippen LogP contribution is 2.26. The molecule has 1 aliphatic rings. The van der Waals surface area contributed by atoms with Gasteiger partial charge in [-0.15, -0.1) is 0 Å². The largest absolute Gasteiger partial charge is 0.465 e. The number of esters is 1. The van der Waals surface area contributed by atoms with E-state index in [9.17, 15) is 4.79 Å². The van der Waals surface area contributed by atoms with Crippen molar-refractivity contribution in [3.63, 3.8) is 0 Å². The van der Waals surface area contributed by atoms with Gasteiger partial charge in [0, 0.05) is 12.6 Å². The van der Waals surface area contributed by atoms with E-state index in [2.05, 4.69) is 25.7 Å². The molecule has 0 aromatic heterocycles. The van der Waals surface area contributed by atoms with E-state index in [0.29, 0.717) is 18.6 Å². The molecule has 0 bridgehead atoms. The van der Waals surface area contributed by atoms with Crippen molar-refractivity contribution in [1.29, 1.82) is 0 Å². The highest BCUT2D eigenvalue weighted by molar-refractivity contribution is 5.75. The van der Waals surface area contributed by atoms with Crippen LogP contribution in [0.3, 0.4) is 0 Å². The van der Waals surface area contributed by atoms with Gasteiger partial charge in [0.25, 0.3) is 0 Å². The average Bonchev–Trinajstić information content (AvgIpc) is 2.47. The first-order valence-corrected chi connectivity index (χ1v) is 6.02. The lowest BCUT2D eigenvalue weighted by atomic mass is 10.1. The number of hydrogen-bond acceptors (Lipinski definition) is 3. The van der Waals surface area contributed by atoms with E-state index < -0.39 is 0 Å². The molecule has 0 aromatic rings. The van der Waals surface area contributed by atoms with E-state index in [-0.39, 0.29) is 12.0 Å². The molecule has 15 heavy (non-hydrogen) atoms. The summed E-state index contributed by atoms with van der Waals surface area (Å²) in [6, 6.07) is 0.472. The first-order valence-electron chi connectivity index (χ1n) is 6.02. The summed E-state index contributed by atoms with van der Waals surface area (Å²) in [5, 5.41) is 0. The third-order valence-corrected chi connectivity index (χ3v) is 3.18. The topological polar surface area (TPSA) is 29.5 Å². The molecule has 3 heteroatoms. The van der Waals surface area contributed by atoms with Crippen LogP contribution in [0.5, 0.6) is 0 Å². The van der Waals surface area contributed by atoms with Crippen LogP contribution in [0.4, 0.5) is 0 Å².